The molecule has 0 bridgehead atoms. The Hall–Kier alpha value is -4.02. The smallest absolute Gasteiger partial charge is 0.306 e. The lowest BCUT2D eigenvalue weighted by Crippen LogP contribution is -2.40. The first-order chi connectivity index (χ1) is 14.8. The van der Waals surface area contributed by atoms with E-state index in [1.807, 2.05) is 0 Å². The molecule has 31 heavy (non-hydrogen) atoms. The summed E-state index contributed by atoms with van der Waals surface area (Å²) in [5.41, 5.74) is 6.19. The number of ether oxygens (including phenoxy) is 1. The van der Waals surface area contributed by atoms with Gasteiger partial charge in [-0.2, -0.15) is 5.10 Å². The lowest BCUT2D eigenvalue weighted by Gasteiger charge is -2.11. The Kier molecular flexibility index (Phi) is 6.43. The molecule has 1 aliphatic heterocycles. The third kappa shape index (κ3) is 5.13. The van der Waals surface area contributed by atoms with Gasteiger partial charge in [0.2, 0.25) is 5.91 Å². The second kappa shape index (κ2) is 9.20. The molecule has 162 valence electrons. The maximum atomic E-state index is 12.5. The van der Waals surface area contributed by atoms with Crippen LogP contribution in [0.5, 0.6) is 0 Å². The van der Waals surface area contributed by atoms with E-state index in [-0.39, 0.29) is 36.3 Å². The number of amidine groups is 1. The zero-order valence-corrected chi connectivity index (χ0v) is 16.7. The second-order valence-corrected chi connectivity index (χ2v) is 7.12. The van der Waals surface area contributed by atoms with Crippen molar-refractivity contribution in [3.63, 3.8) is 0 Å². The molecule has 11 heteroatoms. The van der Waals surface area contributed by atoms with Crippen LogP contribution in [-0.4, -0.2) is 53.5 Å². The minimum Gasteiger partial charge on any atom is -0.469 e. The number of nitrogens with two attached hydrogens (primary N) is 1. The van der Waals surface area contributed by atoms with Crippen molar-refractivity contribution in [2.45, 2.75) is 18.9 Å². The van der Waals surface area contributed by atoms with Crippen LogP contribution < -0.4 is 21.9 Å². The molecular weight excluding hydrogens is 404 g/mol. The first kappa shape index (κ1) is 21.7. The summed E-state index contributed by atoms with van der Waals surface area (Å²) >= 11 is 0. The Labute approximate surface area is 176 Å². The van der Waals surface area contributed by atoms with E-state index in [4.69, 9.17) is 11.1 Å². The van der Waals surface area contributed by atoms with Crippen molar-refractivity contribution < 1.29 is 19.1 Å². The van der Waals surface area contributed by atoms with Crippen LogP contribution in [0.1, 0.15) is 28.8 Å². The number of aromatic amines is 1. The normalized spacial score (nSPS) is 17.6. The maximum absolute atomic E-state index is 12.5. The molecular formula is C20H22N6O5. The van der Waals surface area contributed by atoms with Crippen molar-refractivity contribution in [2.75, 3.05) is 13.7 Å². The average Bonchev–Trinajstić information content (AvgIpc) is 3.11. The Morgan fingerprint density at radius 2 is 2.00 bits per heavy atom. The maximum Gasteiger partial charge on any atom is 0.306 e. The fraction of sp³-hybridized carbons (Fsp3) is 0.300. The molecule has 2 amide bonds. The van der Waals surface area contributed by atoms with Crippen molar-refractivity contribution in [3.8, 4) is 11.3 Å². The molecule has 11 nitrogen and oxygen atoms in total. The molecule has 1 aromatic heterocycles. The molecule has 2 atom stereocenters. The number of rotatable bonds is 7. The average molecular weight is 426 g/mol. The number of esters is 1. The van der Waals surface area contributed by atoms with Gasteiger partial charge in [-0.15, -0.1) is 0 Å². The largest absolute Gasteiger partial charge is 0.469 e. The number of nitrogens with zero attached hydrogens (tertiary/aromatic N) is 1. The number of nitrogen functional groups attached to an aromatic ring is 1. The highest BCUT2D eigenvalue weighted by molar-refractivity contribution is 5.96. The number of methoxy groups -OCH3 is 1. The summed E-state index contributed by atoms with van der Waals surface area (Å²) in [6.45, 7) is 0.104. The van der Waals surface area contributed by atoms with Gasteiger partial charge in [0, 0.05) is 23.7 Å². The van der Waals surface area contributed by atoms with Gasteiger partial charge in [-0.05, 0) is 12.5 Å². The fourth-order valence-electron chi connectivity index (χ4n) is 3.28. The molecule has 0 saturated carbocycles. The van der Waals surface area contributed by atoms with E-state index >= 15 is 0 Å². The first-order valence-corrected chi connectivity index (χ1v) is 9.48. The third-order valence-corrected chi connectivity index (χ3v) is 4.98. The molecule has 0 unspecified atom stereocenters. The quantitative estimate of drug-likeness (QED) is 0.225. The van der Waals surface area contributed by atoms with Crippen LogP contribution >= 0.6 is 0 Å². The van der Waals surface area contributed by atoms with E-state index in [0.717, 1.165) is 0 Å². The Bertz CT molecular complexity index is 1080. The highest BCUT2D eigenvalue weighted by atomic mass is 16.5. The summed E-state index contributed by atoms with van der Waals surface area (Å²) in [7, 11) is 1.26. The van der Waals surface area contributed by atoms with Crippen LogP contribution in [0.15, 0.2) is 35.1 Å². The van der Waals surface area contributed by atoms with Crippen LogP contribution in [0.4, 0.5) is 0 Å². The Morgan fingerprint density at radius 1 is 1.29 bits per heavy atom. The molecule has 6 N–H and O–H groups in total. The number of nitrogens with one attached hydrogen (secondary N) is 4. The van der Waals surface area contributed by atoms with Gasteiger partial charge in [0.05, 0.1) is 25.1 Å². The molecule has 1 saturated heterocycles. The topological polar surface area (TPSA) is 180 Å². The number of hydrogen-bond acceptors (Lipinski definition) is 7. The van der Waals surface area contributed by atoms with Crippen molar-refractivity contribution in [1.82, 2.24) is 20.8 Å². The van der Waals surface area contributed by atoms with E-state index in [2.05, 4.69) is 25.6 Å². The Morgan fingerprint density at radius 3 is 2.65 bits per heavy atom. The molecule has 2 aromatic rings. The van der Waals surface area contributed by atoms with Crippen LogP contribution in [0.25, 0.3) is 11.3 Å². The van der Waals surface area contributed by atoms with Gasteiger partial charge in [0.1, 0.15) is 11.4 Å². The summed E-state index contributed by atoms with van der Waals surface area (Å²) in [5, 5.41) is 19.0. The summed E-state index contributed by atoms with van der Waals surface area (Å²) in [5.74, 6) is -1.95. The van der Waals surface area contributed by atoms with Gasteiger partial charge in [-0.1, -0.05) is 24.3 Å². The number of hydrogen-bond donors (Lipinski definition) is 5. The van der Waals surface area contributed by atoms with Crippen LogP contribution in [-0.2, 0) is 14.3 Å². The zero-order chi connectivity index (χ0) is 22.5. The van der Waals surface area contributed by atoms with Gasteiger partial charge in [-0.3, -0.25) is 24.6 Å². The molecule has 0 radical (unpaired) electrons. The number of aromatic nitrogens is 2. The van der Waals surface area contributed by atoms with E-state index < -0.39 is 23.4 Å². The van der Waals surface area contributed by atoms with E-state index in [1.54, 1.807) is 24.3 Å². The Balaban J connectivity index is 1.66. The van der Waals surface area contributed by atoms with Crippen molar-refractivity contribution in [2.24, 2.45) is 11.7 Å². The van der Waals surface area contributed by atoms with Crippen LogP contribution in [0.3, 0.4) is 0 Å². The number of H-pyrrole nitrogens is 1. The van der Waals surface area contributed by atoms with Crippen molar-refractivity contribution >= 4 is 23.6 Å². The first-order valence-electron chi connectivity index (χ1n) is 9.48. The van der Waals surface area contributed by atoms with Gasteiger partial charge in [-0.25, -0.2) is 5.10 Å². The lowest BCUT2D eigenvalue weighted by molar-refractivity contribution is -0.143. The van der Waals surface area contributed by atoms with Crippen molar-refractivity contribution in [3.05, 3.63) is 51.8 Å². The molecule has 0 aliphatic carbocycles. The molecule has 0 spiro atoms. The van der Waals surface area contributed by atoms with Gasteiger partial charge in [0.25, 0.3) is 11.5 Å². The molecule has 3 rings (SSSR count). The SMILES string of the molecule is COC(=O)C[C@@H]1C[C@@H](CNC(=O)c2cc(-c3ccc(C(=N)N)cc3)n[nH]c2=O)NC1=O. The van der Waals surface area contributed by atoms with Crippen LogP contribution in [0.2, 0.25) is 0 Å². The summed E-state index contributed by atoms with van der Waals surface area (Å²) < 4.78 is 4.58. The minimum absolute atomic E-state index is 0.0252. The minimum atomic E-state index is -0.652. The molecule has 1 fully saturated rings. The number of carbonyl (C=O) groups is 3. The second-order valence-electron chi connectivity index (χ2n) is 7.12. The zero-order valence-electron chi connectivity index (χ0n) is 16.7. The van der Waals surface area contributed by atoms with Crippen LogP contribution in [0, 0.1) is 11.3 Å². The monoisotopic (exact) mass is 426 g/mol. The standard InChI is InChI=1S/C20H22N6O5/c1-31-16(27)7-12-6-13(24-18(12)28)9-23-19(29)14-8-15(25-26-20(14)30)10-2-4-11(5-3-10)17(21)22/h2-5,8,12-13H,6-7,9H2,1H3,(H3,21,22)(H,23,29)(H,24,28)(H,26,30)/t12-,13-/m0/s1. The van der Waals surface area contributed by atoms with E-state index in [1.165, 1.54) is 13.2 Å². The summed E-state index contributed by atoms with van der Waals surface area (Å²) in [6.07, 6.45) is 0.344. The number of amides is 2. The van der Waals surface area contributed by atoms with E-state index in [0.29, 0.717) is 23.2 Å². The third-order valence-electron chi connectivity index (χ3n) is 4.98. The van der Waals surface area contributed by atoms with Gasteiger partial charge < -0.3 is 21.1 Å². The van der Waals surface area contributed by atoms with Gasteiger partial charge >= 0.3 is 5.97 Å². The number of carbonyl (C=O) groups excluding carboxylic acids is 3. The van der Waals surface area contributed by atoms with Gasteiger partial charge in [0.15, 0.2) is 0 Å². The predicted octanol–water partition coefficient (Wildman–Crippen LogP) is -0.481. The highest BCUT2D eigenvalue weighted by Gasteiger charge is 2.33. The number of benzene rings is 1. The molecule has 1 aromatic carbocycles. The molecule has 1 aliphatic rings. The predicted molar refractivity (Wildman–Crippen MR) is 110 cm³/mol. The van der Waals surface area contributed by atoms with Crippen molar-refractivity contribution in [1.29, 1.82) is 5.41 Å². The van der Waals surface area contributed by atoms with E-state index in [9.17, 15) is 19.2 Å². The highest BCUT2D eigenvalue weighted by Crippen LogP contribution is 2.20. The fourth-order valence-corrected chi connectivity index (χ4v) is 3.28. The molecule has 2 heterocycles. The summed E-state index contributed by atoms with van der Waals surface area (Å²) in [4.78, 5) is 48.0. The summed E-state index contributed by atoms with van der Waals surface area (Å²) in [6, 6.07) is 7.63. The lowest BCUT2D eigenvalue weighted by atomic mass is 10.0.